The Morgan fingerprint density at radius 3 is 2.54 bits per heavy atom. The van der Waals surface area contributed by atoms with Crippen LogP contribution in [0.15, 0.2) is 71.7 Å². The van der Waals surface area contributed by atoms with Gasteiger partial charge in [0.2, 0.25) is 0 Å². The first-order chi connectivity index (χ1) is 13.5. The summed E-state index contributed by atoms with van der Waals surface area (Å²) in [6, 6.07) is 15.2. The van der Waals surface area contributed by atoms with Crippen molar-refractivity contribution in [1.29, 1.82) is 0 Å². The van der Waals surface area contributed by atoms with E-state index in [1.54, 1.807) is 30.3 Å². The van der Waals surface area contributed by atoms with E-state index in [9.17, 15) is 18.8 Å². The number of aromatic nitrogens is 1. The number of halogens is 1. The zero-order chi connectivity index (χ0) is 20.1. The van der Waals surface area contributed by atoms with Crippen molar-refractivity contribution in [3.8, 4) is 0 Å². The van der Waals surface area contributed by atoms with Gasteiger partial charge in [-0.2, -0.15) is 4.73 Å². The third-order valence-electron chi connectivity index (χ3n) is 3.97. The van der Waals surface area contributed by atoms with E-state index >= 15 is 0 Å². The summed E-state index contributed by atoms with van der Waals surface area (Å²) in [6.07, 6.45) is 1.36. The average molecular weight is 380 g/mol. The number of ketones is 1. The van der Waals surface area contributed by atoms with E-state index in [0.717, 1.165) is 4.73 Å². The summed E-state index contributed by atoms with van der Waals surface area (Å²) < 4.78 is 14.2. The number of nitrogens with zero attached hydrogens (tertiary/aromatic N) is 1. The van der Waals surface area contributed by atoms with Gasteiger partial charge in [-0.3, -0.25) is 14.4 Å². The van der Waals surface area contributed by atoms with Gasteiger partial charge in [-0.25, -0.2) is 4.39 Å². The molecule has 0 aliphatic rings. The molecule has 1 aromatic heterocycles. The molecule has 2 aromatic carbocycles. The van der Waals surface area contributed by atoms with Crippen LogP contribution in [0.1, 0.15) is 33.2 Å². The number of Topliss-reactive ketones (excluding diaryl/α,β-unsaturated/α-hetero) is 1. The maximum atomic E-state index is 13.2. The Kier molecular flexibility index (Phi) is 5.64. The summed E-state index contributed by atoms with van der Waals surface area (Å²) in [5, 5.41) is 2.58. The summed E-state index contributed by atoms with van der Waals surface area (Å²) in [6.45, 7) is 1.34. The molecule has 6 nitrogen and oxygen atoms in total. The van der Waals surface area contributed by atoms with Gasteiger partial charge >= 0.3 is 0 Å². The van der Waals surface area contributed by atoms with Crippen LogP contribution in [-0.4, -0.2) is 16.4 Å². The minimum absolute atomic E-state index is 0.0457. The van der Waals surface area contributed by atoms with Crippen LogP contribution < -0.4 is 15.7 Å². The first-order valence-electron chi connectivity index (χ1n) is 8.46. The number of pyridine rings is 1. The molecular weight excluding hydrogens is 363 g/mol. The second-order valence-corrected chi connectivity index (χ2v) is 6.01. The van der Waals surface area contributed by atoms with Gasteiger partial charge in [0.15, 0.2) is 5.78 Å². The predicted octanol–water partition coefficient (Wildman–Crippen LogP) is 3.07. The molecule has 0 unspecified atom stereocenters. The van der Waals surface area contributed by atoms with E-state index in [4.69, 9.17) is 4.84 Å². The number of benzene rings is 2. The Bertz CT molecular complexity index is 1090. The maximum Gasteiger partial charge on any atom is 0.295 e. The molecule has 3 rings (SSSR count). The lowest BCUT2D eigenvalue weighted by atomic mass is 10.1. The highest BCUT2D eigenvalue weighted by Crippen LogP contribution is 2.16. The topological polar surface area (TPSA) is 77.4 Å². The van der Waals surface area contributed by atoms with Crippen LogP contribution in [-0.2, 0) is 6.61 Å². The molecule has 142 valence electrons. The van der Waals surface area contributed by atoms with Gasteiger partial charge in [-0.05, 0) is 48.9 Å². The van der Waals surface area contributed by atoms with Crippen LogP contribution in [0.2, 0.25) is 0 Å². The van der Waals surface area contributed by atoms with Gasteiger partial charge in [0, 0.05) is 11.8 Å². The van der Waals surface area contributed by atoms with E-state index in [1.165, 1.54) is 43.5 Å². The summed E-state index contributed by atoms with van der Waals surface area (Å²) >= 11 is 0. The smallest absolute Gasteiger partial charge is 0.295 e. The summed E-state index contributed by atoms with van der Waals surface area (Å²) in [5.74, 6) is -1.28. The predicted molar refractivity (Wildman–Crippen MR) is 102 cm³/mol. The average Bonchev–Trinajstić information content (AvgIpc) is 2.67. The van der Waals surface area contributed by atoms with E-state index in [0.29, 0.717) is 16.8 Å². The van der Waals surface area contributed by atoms with E-state index < -0.39 is 17.3 Å². The van der Waals surface area contributed by atoms with E-state index in [-0.39, 0.29) is 18.0 Å². The Morgan fingerprint density at radius 1 is 1.04 bits per heavy atom. The van der Waals surface area contributed by atoms with Gasteiger partial charge < -0.3 is 10.2 Å². The molecule has 0 aliphatic carbocycles. The fourth-order valence-electron chi connectivity index (χ4n) is 2.61. The fourth-order valence-corrected chi connectivity index (χ4v) is 2.61. The van der Waals surface area contributed by atoms with Crippen LogP contribution in [0.3, 0.4) is 0 Å². The van der Waals surface area contributed by atoms with Crippen molar-refractivity contribution in [2.45, 2.75) is 13.5 Å². The van der Waals surface area contributed by atoms with Crippen molar-refractivity contribution in [3.63, 3.8) is 0 Å². The van der Waals surface area contributed by atoms with E-state index in [1.807, 2.05) is 0 Å². The highest BCUT2D eigenvalue weighted by atomic mass is 19.1. The molecule has 3 aromatic rings. The highest BCUT2D eigenvalue weighted by molar-refractivity contribution is 6.08. The highest BCUT2D eigenvalue weighted by Gasteiger charge is 2.15. The molecule has 7 heteroatoms. The number of hydrogen-bond donors (Lipinski definition) is 1. The third kappa shape index (κ3) is 4.32. The molecule has 0 spiro atoms. The van der Waals surface area contributed by atoms with Crippen molar-refractivity contribution >= 4 is 17.4 Å². The monoisotopic (exact) mass is 380 g/mol. The molecule has 0 aliphatic heterocycles. The van der Waals surface area contributed by atoms with E-state index in [2.05, 4.69) is 5.32 Å². The number of carbonyl (C=O) groups excluding carboxylic acids is 2. The van der Waals surface area contributed by atoms with Crippen molar-refractivity contribution < 1.29 is 18.8 Å². The van der Waals surface area contributed by atoms with Crippen LogP contribution in [0.4, 0.5) is 10.1 Å². The fraction of sp³-hybridized carbons (Fsp3) is 0.0952. The van der Waals surface area contributed by atoms with Crippen LogP contribution in [0, 0.1) is 5.82 Å². The first kappa shape index (κ1) is 19.0. The largest absolute Gasteiger partial charge is 0.406 e. The standard InChI is InChI=1S/C21H17FN2O4/c1-14(25)17-8-2-3-10-19(17)23-20(26)18-9-5-11-24(21(18)27)28-13-15-6-4-7-16(22)12-15/h2-12H,13H2,1H3,(H,23,26). The van der Waals surface area contributed by atoms with Gasteiger partial charge in [0.25, 0.3) is 11.5 Å². The normalized spacial score (nSPS) is 10.4. The molecule has 28 heavy (non-hydrogen) atoms. The Balaban J connectivity index is 1.80. The molecule has 1 heterocycles. The lowest BCUT2D eigenvalue weighted by Gasteiger charge is -2.11. The SMILES string of the molecule is CC(=O)c1ccccc1NC(=O)c1cccn(OCc2cccc(F)c2)c1=O. The van der Waals surface area contributed by atoms with Gasteiger partial charge in [0.05, 0.1) is 5.69 Å². The molecule has 1 N–H and O–H groups in total. The van der Waals surface area contributed by atoms with Gasteiger partial charge in [-0.1, -0.05) is 24.3 Å². The minimum atomic E-state index is -0.670. The Hall–Kier alpha value is -3.74. The second-order valence-electron chi connectivity index (χ2n) is 6.01. The van der Waals surface area contributed by atoms with Crippen LogP contribution in [0.25, 0.3) is 0 Å². The number of hydrogen-bond acceptors (Lipinski definition) is 4. The molecule has 0 saturated heterocycles. The summed E-state index contributed by atoms with van der Waals surface area (Å²) in [5.41, 5.74) is 0.374. The Morgan fingerprint density at radius 2 is 1.79 bits per heavy atom. The van der Waals surface area contributed by atoms with Crippen LogP contribution in [0.5, 0.6) is 0 Å². The minimum Gasteiger partial charge on any atom is -0.406 e. The van der Waals surface area contributed by atoms with Crippen molar-refractivity contribution in [2.75, 3.05) is 5.32 Å². The number of amides is 1. The number of carbonyl (C=O) groups is 2. The van der Waals surface area contributed by atoms with Crippen LogP contribution >= 0.6 is 0 Å². The molecule has 0 bridgehead atoms. The van der Waals surface area contributed by atoms with Crippen molar-refractivity contribution in [2.24, 2.45) is 0 Å². The summed E-state index contributed by atoms with van der Waals surface area (Å²) in [4.78, 5) is 42.2. The summed E-state index contributed by atoms with van der Waals surface area (Å²) in [7, 11) is 0. The molecule has 1 amide bonds. The number of para-hydroxylation sites is 1. The zero-order valence-electron chi connectivity index (χ0n) is 15.0. The molecule has 0 fully saturated rings. The van der Waals surface area contributed by atoms with Crippen molar-refractivity contribution in [3.05, 3.63) is 99.7 Å². The molecule has 0 radical (unpaired) electrons. The maximum absolute atomic E-state index is 13.2. The van der Waals surface area contributed by atoms with Crippen molar-refractivity contribution in [1.82, 2.24) is 4.73 Å². The number of anilines is 1. The second kappa shape index (κ2) is 8.30. The zero-order valence-corrected chi connectivity index (χ0v) is 15.0. The molecule has 0 saturated carbocycles. The molecule has 0 atom stereocenters. The number of rotatable bonds is 6. The number of nitrogens with one attached hydrogen (secondary N) is 1. The molecular formula is C21H17FN2O4. The lowest BCUT2D eigenvalue weighted by molar-refractivity contribution is 0.0862. The lowest BCUT2D eigenvalue weighted by Crippen LogP contribution is -2.32. The van der Waals surface area contributed by atoms with Gasteiger partial charge in [0.1, 0.15) is 18.0 Å². The van der Waals surface area contributed by atoms with Gasteiger partial charge in [-0.15, -0.1) is 0 Å². The third-order valence-corrected chi connectivity index (χ3v) is 3.97. The Labute approximate surface area is 160 Å². The first-order valence-corrected chi connectivity index (χ1v) is 8.46. The quantitative estimate of drug-likeness (QED) is 0.667.